The molecule has 27 heavy (non-hydrogen) atoms. The molecule has 0 saturated carbocycles. The van der Waals surface area contributed by atoms with Crippen LogP contribution in [0.5, 0.6) is 0 Å². The average Bonchev–Trinajstić information content (AvgIpc) is 2.60. The van der Waals surface area contributed by atoms with Crippen molar-refractivity contribution in [3.05, 3.63) is 75.3 Å². The fourth-order valence-electron chi connectivity index (χ4n) is 2.66. The van der Waals surface area contributed by atoms with E-state index in [0.29, 0.717) is 5.56 Å². The Balaban J connectivity index is 2.21. The van der Waals surface area contributed by atoms with Crippen LogP contribution in [0.2, 0.25) is 0 Å². The van der Waals surface area contributed by atoms with Gasteiger partial charge in [0.25, 0.3) is 11.6 Å². The number of nitrogens with one attached hydrogen (secondary N) is 1. The van der Waals surface area contributed by atoms with E-state index in [4.69, 9.17) is 4.74 Å². The molecule has 0 saturated heterocycles. The van der Waals surface area contributed by atoms with E-state index < -0.39 is 22.8 Å². The lowest BCUT2D eigenvalue weighted by Crippen LogP contribution is -2.31. The molecule has 0 radical (unpaired) electrons. The second-order valence-corrected chi connectivity index (χ2v) is 6.44. The van der Waals surface area contributed by atoms with Gasteiger partial charge in [0.15, 0.2) is 0 Å². The van der Waals surface area contributed by atoms with Crippen LogP contribution in [0.25, 0.3) is 0 Å². The van der Waals surface area contributed by atoms with E-state index in [9.17, 15) is 19.7 Å². The van der Waals surface area contributed by atoms with Crippen LogP contribution < -0.4 is 5.32 Å². The summed E-state index contributed by atoms with van der Waals surface area (Å²) in [7, 11) is 0. The van der Waals surface area contributed by atoms with Gasteiger partial charge in [-0.15, -0.1) is 0 Å². The number of rotatable bonds is 7. The van der Waals surface area contributed by atoms with Gasteiger partial charge in [0, 0.05) is 17.2 Å². The maximum atomic E-state index is 12.6. The number of carbonyl (C=O) groups excluding carboxylic acids is 2. The highest BCUT2D eigenvalue weighted by Crippen LogP contribution is 2.21. The Hall–Kier alpha value is -3.22. The summed E-state index contributed by atoms with van der Waals surface area (Å²) >= 11 is 0. The lowest BCUT2D eigenvalue weighted by Gasteiger charge is -2.19. The van der Waals surface area contributed by atoms with Crippen LogP contribution in [0.3, 0.4) is 0 Å². The molecule has 1 atom stereocenters. The maximum absolute atomic E-state index is 12.6. The summed E-state index contributed by atoms with van der Waals surface area (Å²) in [5, 5.41) is 13.7. The third-order valence-corrected chi connectivity index (χ3v) is 3.90. The van der Waals surface area contributed by atoms with Crippen molar-refractivity contribution in [3.8, 4) is 0 Å². The fraction of sp³-hybridized carbons (Fsp3) is 0.300. The number of esters is 1. The highest BCUT2D eigenvalue weighted by atomic mass is 16.6. The van der Waals surface area contributed by atoms with Gasteiger partial charge in [0.05, 0.1) is 23.5 Å². The van der Waals surface area contributed by atoms with Gasteiger partial charge in [0.1, 0.15) is 0 Å². The number of amides is 1. The number of nitro groups is 1. The number of carbonyl (C=O) groups is 2. The minimum atomic E-state index is -0.569. The van der Waals surface area contributed by atoms with Gasteiger partial charge in [-0.2, -0.15) is 0 Å². The normalized spacial score (nSPS) is 11.7. The Morgan fingerprint density at radius 3 is 2.37 bits per heavy atom. The van der Waals surface area contributed by atoms with Gasteiger partial charge >= 0.3 is 5.97 Å². The standard InChI is InChI=1S/C20H22N2O5/c1-13(2)27-19(23)12-17(15-7-5-4-6-8-15)21-20(24)16-9-10-18(22(25)26)14(3)11-16/h4-11,13,17H,12H2,1-3H3,(H,21,24). The van der Waals surface area contributed by atoms with Crippen LogP contribution in [0.15, 0.2) is 48.5 Å². The molecule has 2 aromatic carbocycles. The summed E-state index contributed by atoms with van der Waals surface area (Å²) in [5.74, 6) is -0.835. The molecular weight excluding hydrogens is 348 g/mol. The van der Waals surface area contributed by atoms with Crippen molar-refractivity contribution in [2.75, 3.05) is 0 Å². The number of nitro benzene ring substituents is 1. The van der Waals surface area contributed by atoms with Crippen molar-refractivity contribution < 1.29 is 19.2 Å². The van der Waals surface area contributed by atoms with Crippen LogP contribution >= 0.6 is 0 Å². The molecule has 1 unspecified atom stereocenters. The van der Waals surface area contributed by atoms with Gasteiger partial charge in [0.2, 0.25) is 0 Å². The third kappa shape index (κ3) is 5.64. The van der Waals surface area contributed by atoms with E-state index in [1.807, 2.05) is 30.3 Å². The monoisotopic (exact) mass is 370 g/mol. The third-order valence-electron chi connectivity index (χ3n) is 3.90. The minimum Gasteiger partial charge on any atom is -0.463 e. The predicted molar refractivity (Wildman–Crippen MR) is 100 cm³/mol. The molecule has 0 aliphatic rings. The molecule has 7 nitrogen and oxygen atoms in total. The largest absolute Gasteiger partial charge is 0.463 e. The number of hydrogen-bond acceptors (Lipinski definition) is 5. The van der Waals surface area contributed by atoms with Gasteiger partial charge in [-0.05, 0) is 38.5 Å². The Bertz CT molecular complexity index is 834. The van der Waals surface area contributed by atoms with Crippen molar-refractivity contribution in [3.63, 3.8) is 0 Å². The Morgan fingerprint density at radius 2 is 1.81 bits per heavy atom. The van der Waals surface area contributed by atoms with Crippen LogP contribution in [0.1, 0.15) is 47.8 Å². The van der Waals surface area contributed by atoms with E-state index in [-0.39, 0.29) is 23.8 Å². The zero-order valence-electron chi connectivity index (χ0n) is 15.5. The molecule has 2 aromatic rings. The van der Waals surface area contributed by atoms with Crippen molar-refractivity contribution in [2.45, 2.75) is 39.3 Å². The quantitative estimate of drug-likeness (QED) is 0.455. The lowest BCUT2D eigenvalue weighted by atomic mass is 10.0. The lowest BCUT2D eigenvalue weighted by molar-refractivity contribution is -0.385. The topological polar surface area (TPSA) is 98.5 Å². The summed E-state index contributed by atoms with van der Waals surface area (Å²) in [6.45, 7) is 5.09. The maximum Gasteiger partial charge on any atom is 0.308 e. The molecule has 1 amide bonds. The number of hydrogen-bond donors (Lipinski definition) is 1. The van der Waals surface area contributed by atoms with Crippen LogP contribution in [-0.4, -0.2) is 22.9 Å². The van der Waals surface area contributed by atoms with Crippen molar-refractivity contribution in [1.29, 1.82) is 0 Å². The van der Waals surface area contributed by atoms with Crippen molar-refractivity contribution in [2.24, 2.45) is 0 Å². The number of aryl methyl sites for hydroxylation is 1. The molecule has 0 aromatic heterocycles. The zero-order chi connectivity index (χ0) is 20.0. The first-order valence-electron chi connectivity index (χ1n) is 8.58. The van der Waals surface area contributed by atoms with E-state index >= 15 is 0 Å². The minimum absolute atomic E-state index is 0.0140. The highest BCUT2D eigenvalue weighted by Gasteiger charge is 2.21. The van der Waals surface area contributed by atoms with Crippen LogP contribution in [-0.2, 0) is 9.53 Å². The summed E-state index contributed by atoms with van der Waals surface area (Å²) in [6, 6.07) is 12.7. The Labute approximate surface area is 157 Å². The smallest absolute Gasteiger partial charge is 0.308 e. The first-order chi connectivity index (χ1) is 12.8. The molecule has 0 aliphatic heterocycles. The molecule has 0 fully saturated rings. The Morgan fingerprint density at radius 1 is 1.15 bits per heavy atom. The fourth-order valence-corrected chi connectivity index (χ4v) is 2.66. The predicted octanol–water partition coefficient (Wildman–Crippen LogP) is 3.72. The zero-order valence-corrected chi connectivity index (χ0v) is 15.5. The molecule has 0 aliphatic carbocycles. The van der Waals surface area contributed by atoms with Gasteiger partial charge < -0.3 is 10.1 Å². The number of nitrogens with zero attached hydrogens (tertiary/aromatic N) is 1. The van der Waals surface area contributed by atoms with Crippen molar-refractivity contribution in [1.82, 2.24) is 5.32 Å². The van der Waals surface area contributed by atoms with E-state index in [1.165, 1.54) is 18.2 Å². The average molecular weight is 370 g/mol. The van der Waals surface area contributed by atoms with E-state index in [0.717, 1.165) is 5.56 Å². The molecule has 0 spiro atoms. The molecular formula is C20H22N2O5. The first-order valence-corrected chi connectivity index (χ1v) is 8.58. The van der Waals surface area contributed by atoms with Gasteiger partial charge in [-0.25, -0.2) is 0 Å². The summed E-state index contributed by atoms with van der Waals surface area (Å²) < 4.78 is 5.19. The van der Waals surface area contributed by atoms with Gasteiger partial charge in [-0.3, -0.25) is 19.7 Å². The summed E-state index contributed by atoms with van der Waals surface area (Å²) in [5.41, 5.74) is 1.40. The molecule has 0 bridgehead atoms. The molecule has 0 heterocycles. The molecule has 7 heteroatoms. The summed E-state index contributed by atoms with van der Waals surface area (Å²) in [4.78, 5) is 35.1. The van der Waals surface area contributed by atoms with Crippen molar-refractivity contribution >= 4 is 17.6 Å². The highest BCUT2D eigenvalue weighted by molar-refractivity contribution is 5.95. The summed E-state index contributed by atoms with van der Waals surface area (Å²) in [6.07, 6.45) is -0.262. The van der Waals surface area contributed by atoms with Crippen LogP contribution in [0.4, 0.5) is 5.69 Å². The molecule has 2 rings (SSSR count). The molecule has 142 valence electrons. The molecule has 1 N–H and O–H groups in total. The van der Waals surface area contributed by atoms with E-state index in [1.54, 1.807) is 20.8 Å². The van der Waals surface area contributed by atoms with Gasteiger partial charge in [-0.1, -0.05) is 30.3 Å². The number of ether oxygens (including phenoxy) is 1. The van der Waals surface area contributed by atoms with E-state index in [2.05, 4.69) is 5.32 Å². The Kier molecular flexibility index (Phi) is 6.65. The number of benzene rings is 2. The second kappa shape index (κ2) is 8.93. The first kappa shape index (κ1) is 20.1. The van der Waals surface area contributed by atoms with Crippen LogP contribution in [0, 0.1) is 17.0 Å². The SMILES string of the molecule is Cc1cc(C(=O)NC(CC(=O)OC(C)C)c2ccccc2)ccc1[N+](=O)[O-]. The second-order valence-electron chi connectivity index (χ2n) is 6.44.